The molecule has 27 heavy (non-hydrogen) atoms. The van der Waals surface area contributed by atoms with Crippen molar-refractivity contribution in [3.63, 3.8) is 0 Å². The van der Waals surface area contributed by atoms with Gasteiger partial charge in [-0.05, 0) is 37.3 Å². The number of nitrogens with two attached hydrogens (primary N) is 1. The number of hydrogen-bond donors (Lipinski definition) is 2. The van der Waals surface area contributed by atoms with Gasteiger partial charge in [0.1, 0.15) is 0 Å². The molecule has 3 N–H and O–H groups in total. The number of carbonyl (C=O) groups excluding carboxylic acids is 2. The standard InChI is InChI=1S/C21H18N4O2/c1-15(13-24-14-16(2)20(22)26)6-7-17-4-3-5-19(12-17)25-21(27)18-8-10-23-11-9-18/h3-5,8-14H,1H2,2H3,(H2,22,26)(H,25,27)/b16-14+,24-13-. The van der Waals surface area contributed by atoms with E-state index in [-0.39, 0.29) is 5.91 Å². The zero-order valence-electron chi connectivity index (χ0n) is 14.8. The molecule has 0 aliphatic carbocycles. The third kappa shape index (κ3) is 6.44. The van der Waals surface area contributed by atoms with Crippen molar-refractivity contribution in [2.45, 2.75) is 6.92 Å². The van der Waals surface area contributed by atoms with Gasteiger partial charge >= 0.3 is 0 Å². The first kappa shape index (κ1) is 19.3. The Morgan fingerprint density at radius 1 is 1.26 bits per heavy atom. The number of rotatable bonds is 5. The molecule has 0 saturated carbocycles. The van der Waals surface area contributed by atoms with Crippen molar-refractivity contribution in [3.05, 3.63) is 83.8 Å². The molecule has 0 radical (unpaired) electrons. The highest BCUT2D eigenvalue weighted by Gasteiger charge is 2.05. The van der Waals surface area contributed by atoms with Gasteiger partial charge in [0.2, 0.25) is 5.91 Å². The van der Waals surface area contributed by atoms with E-state index in [4.69, 9.17) is 5.73 Å². The second kappa shape index (κ2) is 9.49. The Bertz CT molecular complexity index is 980. The number of amides is 2. The zero-order chi connectivity index (χ0) is 19.6. The molecule has 2 rings (SSSR count). The van der Waals surface area contributed by atoms with Gasteiger partial charge in [-0.1, -0.05) is 24.5 Å². The number of primary amides is 1. The summed E-state index contributed by atoms with van der Waals surface area (Å²) in [5.41, 5.74) is 7.77. The number of aromatic nitrogens is 1. The molecule has 0 bridgehead atoms. The molecular formula is C21H18N4O2. The van der Waals surface area contributed by atoms with Crippen LogP contribution in [0, 0.1) is 11.8 Å². The lowest BCUT2D eigenvalue weighted by molar-refractivity contribution is -0.114. The van der Waals surface area contributed by atoms with E-state index in [0.717, 1.165) is 0 Å². The summed E-state index contributed by atoms with van der Waals surface area (Å²) in [4.78, 5) is 30.9. The third-order valence-electron chi connectivity index (χ3n) is 3.32. The molecule has 0 unspecified atom stereocenters. The van der Waals surface area contributed by atoms with E-state index < -0.39 is 5.91 Å². The Hall–Kier alpha value is -3.98. The number of allylic oxidation sites excluding steroid dienone is 1. The lowest BCUT2D eigenvalue weighted by Crippen LogP contribution is -2.11. The number of pyridine rings is 1. The molecular weight excluding hydrogens is 340 g/mol. The second-order valence-electron chi connectivity index (χ2n) is 5.50. The van der Waals surface area contributed by atoms with Crippen molar-refractivity contribution in [1.29, 1.82) is 0 Å². The molecule has 1 aromatic carbocycles. The molecule has 6 heteroatoms. The number of aliphatic imine (C=N–C) groups is 1. The number of carbonyl (C=O) groups is 2. The topological polar surface area (TPSA) is 97.4 Å². The molecule has 0 atom stereocenters. The molecule has 134 valence electrons. The summed E-state index contributed by atoms with van der Waals surface area (Å²) in [5, 5.41) is 2.81. The quantitative estimate of drug-likeness (QED) is 0.488. The maximum atomic E-state index is 12.2. The fraction of sp³-hybridized carbons (Fsp3) is 0.0476. The van der Waals surface area contributed by atoms with E-state index in [1.807, 2.05) is 6.07 Å². The lowest BCUT2D eigenvalue weighted by atomic mass is 10.2. The molecule has 2 amide bonds. The maximum Gasteiger partial charge on any atom is 0.255 e. The van der Waals surface area contributed by atoms with E-state index in [9.17, 15) is 9.59 Å². The molecule has 1 heterocycles. The van der Waals surface area contributed by atoms with Crippen molar-refractivity contribution in [3.8, 4) is 11.8 Å². The van der Waals surface area contributed by atoms with E-state index in [1.54, 1.807) is 49.6 Å². The van der Waals surface area contributed by atoms with Gasteiger partial charge in [0.15, 0.2) is 0 Å². The summed E-state index contributed by atoms with van der Waals surface area (Å²) in [7, 11) is 0. The molecule has 0 aliphatic heterocycles. The first-order chi connectivity index (χ1) is 13.0. The minimum atomic E-state index is -0.533. The first-order valence-electron chi connectivity index (χ1n) is 7.98. The normalized spacial score (nSPS) is 10.8. The van der Waals surface area contributed by atoms with Gasteiger partial charge in [-0.3, -0.25) is 19.6 Å². The Labute approximate surface area is 157 Å². The third-order valence-corrected chi connectivity index (χ3v) is 3.32. The van der Waals surface area contributed by atoms with Gasteiger partial charge in [0.05, 0.1) is 0 Å². The summed E-state index contributed by atoms with van der Waals surface area (Å²) < 4.78 is 0. The minimum Gasteiger partial charge on any atom is -0.366 e. The van der Waals surface area contributed by atoms with Crippen molar-refractivity contribution >= 4 is 23.7 Å². The lowest BCUT2D eigenvalue weighted by Gasteiger charge is -2.05. The smallest absolute Gasteiger partial charge is 0.255 e. The number of anilines is 1. The number of benzene rings is 1. The van der Waals surface area contributed by atoms with Crippen LogP contribution in [0.15, 0.2) is 77.7 Å². The Morgan fingerprint density at radius 3 is 2.70 bits per heavy atom. The molecule has 0 aliphatic rings. The van der Waals surface area contributed by atoms with Crippen LogP contribution in [0.4, 0.5) is 5.69 Å². The highest BCUT2D eigenvalue weighted by molar-refractivity contribution is 6.04. The van der Waals surface area contributed by atoms with Crippen LogP contribution in [-0.2, 0) is 4.79 Å². The Morgan fingerprint density at radius 2 is 2.00 bits per heavy atom. The molecule has 1 aromatic heterocycles. The van der Waals surface area contributed by atoms with Crippen molar-refractivity contribution in [1.82, 2.24) is 4.98 Å². The maximum absolute atomic E-state index is 12.2. The Balaban J connectivity index is 2.04. The van der Waals surface area contributed by atoms with Crippen LogP contribution < -0.4 is 11.1 Å². The summed E-state index contributed by atoms with van der Waals surface area (Å²) in [5.74, 6) is 5.04. The van der Waals surface area contributed by atoms with Gasteiger partial charge < -0.3 is 11.1 Å². The van der Waals surface area contributed by atoms with E-state index in [1.165, 1.54) is 12.4 Å². The monoisotopic (exact) mass is 358 g/mol. The van der Waals surface area contributed by atoms with E-state index in [2.05, 4.69) is 33.7 Å². The average molecular weight is 358 g/mol. The molecule has 2 aromatic rings. The number of nitrogens with zero attached hydrogens (tertiary/aromatic N) is 2. The number of nitrogens with one attached hydrogen (secondary N) is 1. The van der Waals surface area contributed by atoms with Crippen LogP contribution in [0.2, 0.25) is 0 Å². The van der Waals surface area contributed by atoms with Gasteiger partial charge in [0, 0.05) is 52.8 Å². The minimum absolute atomic E-state index is 0.226. The van der Waals surface area contributed by atoms with Crippen LogP contribution in [0.3, 0.4) is 0 Å². The van der Waals surface area contributed by atoms with Crippen molar-refractivity contribution < 1.29 is 9.59 Å². The molecule has 6 nitrogen and oxygen atoms in total. The van der Waals surface area contributed by atoms with Gasteiger partial charge in [-0.2, -0.15) is 0 Å². The predicted molar refractivity (Wildman–Crippen MR) is 106 cm³/mol. The van der Waals surface area contributed by atoms with Crippen LogP contribution in [0.25, 0.3) is 0 Å². The SMILES string of the molecule is C=C(C#Cc1cccc(NC(=O)c2ccncc2)c1)/C=N\C=C(/C)C(N)=O. The summed E-state index contributed by atoms with van der Waals surface area (Å²) in [6.45, 7) is 5.35. The van der Waals surface area contributed by atoms with E-state index in [0.29, 0.717) is 28.0 Å². The first-order valence-corrected chi connectivity index (χ1v) is 7.98. The highest BCUT2D eigenvalue weighted by atomic mass is 16.2. The van der Waals surface area contributed by atoms with Crippen molar-refractivity contribution in [2.75, 3.05) is 5.32 Å². The van der Waals surface area contributed by atoms with Crippen LogP contribution in [-0.4, -0.2) is 23.0 Å². The summed E-state index contributed by atoms with van der Waals surface area (Å²) in [6, 6.07) is 10.4. The van der Waals surface area contributed by atoms with E-state index >= 15 is 0 Å². The van der Waals surface area contributed by atoms with Crippen molar-refractivity contribution in [2.24, 2.45) is 10.7 Å². The fourth-order valence-corrected chi connectivity index (χ4v) is 1.87. The molecule has 0 spiro atoms. The second-order valence-corrected chi connectivity index (χ2v) is 5.50. The van der Waals surface area contributed by atoms with Crippen LogP contribution >= 0.6 is 0 Å². The summed E-state index contributed by atoms with van der Waals surface area (Å²) in [6.07, 6.45) is 5.91. The Kier molecular flexibility index (Phi) is 6.80. The fourth-order valence-electron chi connectivity index (χ4n) is 1.87. The highest BCUT2D eigenvalue weighted by Crippen LogP contribution is 2.11. The van der Waals surface area contributed by atoms with Gasteiger partial charge in [-0.15, -0.1) is 0 Å². The van der Waals surface area contributed by atoms with Gasteiger partial charge in [-0.25, -0.2) is 0 Å². The van der Waals surface area contributed by atoms with Gasteiger partial charge in [0.25, 0.3) is 5.91 Å². The largest absolute Gasteiger partial charge is 0.366 e. The van der Waals surface area contributed by atoms with Crippen LogP contribution in [0.1, 0.15) is 22.8 Å². The predicted octanol–water partition coefficient (Wildman–Crippen LogP) is 2.70. The average Bonchev–Trinajstić information content (AvgIpc) is 2.67. The van der Waals surface area contributed by atoms with Crippen LogP contribution in [0.5, 0.6) is 0 Å². The molecule has 0 fully saturated rings. The summed E-state index contributed by atoms with van der Waals surface area (Å²) >= 11 is 0. The zero-order valence-corrected chi connectivity index (χ0v) is 14.8. The molecule has 0 saturated heterocycles. The number of hydrogen-bond acceptors (Lipinski definition) is 4.